The fourth-order valence-electron chi connectivity index (χ4n) is 1.92. The highest BCUT2D eigenvalue weighted by molar-refractivity contribution is 6.62. The molecule has 0 aromatic heterocycles. The zero-order chi connectivity index (χ0) is 11.7. The van der Waals surface area contributed by atoms with Crippen molar-refractivity contribution in [2.75, 3.05) is 13.2 Å². The third-order valence-electron chi connectivity index (χ3n) is 2.57. The molecule has 0 saturated heterocycles. The maximum absolute atomic E-state index is 13.6. The van der Waals surface area contributed by atoms with Crippen LogP contribution in [-0.2, 0) is 4.65 Å². The fourth-order valence-corrected chi connectivity index (χ4v) is 1.92. The van der Waals surface area contributed by atoms with Gasteiger partial charge in [-0.3, -0.25) is 0 Å². The Hall–Kier alpha value is -1.11. The van der Waals surface area contributed by atoms with Crippen molar-refractivity contribution in [1.82, 2.24) is 0 Å². The van der Waals surface area contributed by atoms with Crippen LogP contribution < -0.4 is 15.9 Å². The lowest BCUT2D eigenvalue weighted by Gasteiger charge is -2.11. The molecular weight excluding hydrogens is 212 g/mol. The molecule has 6 heteroatoms. The van der Waals surface area contributed by atoms with E-state index in [9.17, 15) is 9.41 Å². The summed E-state index contributed by atoms with van der Waals surface area (Å²) in [4.78, 5) is 0. The van der Waals surface area contributed by atoms with Gasteiger partial charge in [0.2, 0.25) is 0 Å². The first-order valence-corrected chi connectivity index (χ1v) is 5.17. The number of nitrogens with two attached hydrogens (primary N) is 1. The molecule has 0 saturated carbocycles. The molecule has 0 radical (unpaired) electrons. The van der Waals surface area contributed by atoms with Gasteiger partial charge in [-0.2, -0.15) is 0 Å². The van der Waals surface area contributed by atoms with Gasteiger partial charge in [0, 0.05) is 17.6 Å². The number of rotatable bonds is 3. The number of hydrogen-bond acceptors (Lipinski definition) is 4. The molecule has 0 aliphatic carbocycles. The molecule has 1 aromatic rings. The Morgan fingerprint density at radius 1 is 1.62 bits per heavy atom. The molecule has 16 heavy (non-hydrogen) atoms. The summed E-state index contributed by atoms with van der Waals surface area (Å²) >= 11 is 0. The van der Waals surface area contributed by atoms with Gasteiger partial charge in [-0.15, -0.1) is 0 Å². The van der Waals surface area contributed by atoms with Gasteiger partial charge in [0.25, 0.3) is 0 Å². The van der Waals surface area contributed by atoms with E-state index in [-0.39, 0.29) is 6.54 Å². The highest BCUT2D eigenvalue weighted by Crippen LogP contribution is 2.29. The van der Waals surface area contributed by atoms with E-state index in [4.69, 9.17) is 15.1 Å². The monoisotopic (exact) mass is 225 g/mol. The number of halogens is 1. The van der Waals surface area contributed by atoms with E-state index in [0.29, 0.717) is 23.4 Å². The van der Waals surface area contributed by atoms with Crippen molar-refractivity contribution < 1.29 is 18.8 Å². The minimum absolute atomic E-state index is 0.122. The van der Waals surface area contributed by atoms with Gasteiger partial charge in [0.1, 0.15) is 11.6 Å². The lowest BCUT2D eigenvalue weighted by Crippen LogP contribution is -2.30. The van der Waals surface area contributed by atoms with Crippen LogP contribution in [0.1, 0.15) is 18.6 Å². The summed E-state index contributed by atoms with van der Waals surface area (Å²) < 4.78 is 24.1. The van der Waals surface area contributed by atoms with Crippen molar-refractivity contribution in [3.8, 4) is 5.75 Å². The average molecular weight is 225 g/mol. The fraction of sp³-hybridized carbons (Fsp3) is 0.400. The summed E-state index contributed by atoms with van der Waals surface area (Å²) in [6.07, 6.45) is -0.606. The van der Waals surface area contributed by atoms with Crippen molar-refractivity contribution >= 4 is 12.6 Å². The molecule has 1 aromatic carbocycles. The maximum Gasteiger partial charge on any atom is 0.495 e. The van der Waals surface area contributed by atoms with Gasteiger partial charge in [-0.1, -0.05) is 0 Å². The third kappa shape index (κ3) is 1.69. The van der Waals surface area contributed by atoms with E-state index in [1.54, 1.807) is 0 Å². The van der Waals surface area contributed by atoms with Crippen LogP contribution in [0.3, 0.4) is 0 Å². The minimum atomic E-state index is -1.17. The van der Waals surface area contributed by atoms with Crippen LogP contribution in [-0.4, -0.2) is 25.3 Å². The van der Waals surface area contributed by atoms with Gasteiger partial charge < -0.3 is 20.1 Å². The van der Waals surface area contributed by atoms with Crippen LogP contribution in [0.15, 0.2) is 12.1 Å². The number of hydrogen-bond donors (Lipinski definition) is 2. The Kier molecular flexibility index (Phi) is 3.14. The Labute approximate surface area is 93.3 Å². The molecule has 0 unspecified atom stereocenters. The Morgan fingerprint density at radius 3 is 3.00 bits per heavy atom. The van der Waals surface area contributed by atoms with Crippen LogP contribution in [0.25, 0.3) is 0 Å². The zero-order valence-electron chi connectivity index (χ0n) is 8.94. The molecule has 0 fully saturated rings. The van der Waals surface area contributed by atoms with E-state index >= 15 is 0 Å². The molecule has 3 N–H and O–H groups in total. The summed E-state index contributed by atoms with van der Waals surface area (Å²) in [5.41, 5.74) is 6.13. The number of ether oxygens (including phenoxy) is 1. The quantitative estimate of drug-likeness (QED) is 0.707. The van der Waals surface area contributed by atoms with Gasteiger partial charge in [-0.05, 0) is 19.1 Å². The number of fused-ring (bicyclic) bond motifs is 1. The molecule has 1 atom stereocenters. The van der Waals surface area contributed by atoms with Crippen LogP contribution in [0, 0.1) is 5.82 Å². The Bertz CT molecular complexity index is 402. The van der Waals surface area contributed by atoms with Gasteiger partial charge in [0.15, 0.2) is 0 Å². The van der Waals surface area contributed by atoms with E-state index in [1.165, 1.54) is 12.1 Å². The van der Waals surface area contributed by atoms with E-state index in [2.05, 4.69) is 0 Å². The van der Waals surface area contributed by atoms with Crippen molar-refractivity contribution in [3.05, 3.63) is 23.5 Å². The topological polar surface area (TPSA) is 64.7 Å². The second kappa shape index (κ2) is 4.41. The summed E-state index contributed by atoms with van der Waals surface area (Å²) in [5, 5.41) is 9.69. The predicted molar refractivity (Wildman–Crippen MR) is 58.1 cm³/mol. The second-order valence-electron chi connectivity index (χ2n) is 3.52. The Morgan fingerprint density at radius 2 is 2.38 bits per heavy atom. The smallest absolute Gasteiger partial charge is 0.494 e. The van der Waals surface area contributed by atoms with Crippen LogP contribution in [0.5, 0.6) is 5.75 Å². The first-order chi connectivity index (χ1) is 7.69. The largest absolute Gasteiger partial charge is 0.495 e. The molecular formula is C10H13BFNO3. The molecule has 4 nitrogen and oxygen atoms in total. The minimum Gasteiger partial charge on any atom is -0.494 e. The van der Waals surface area contributed by atoms with Crippen molar-refractivity contribution in [3.63, 3.8) is 0 Å². The maximum atomic E-state index is 13.6. The highest BCUT2D eigenvalue weighted by Gasteiger charge is 2.39. The summed E-state index contributed by atoms with van der Waals surface area (Å²) in [5.74, 6) is 0.0211. The summed E-state index contributed by atoms with van der Waals surface area (Å²) in [7, 11) is -1.17. The van der Waals surface area contributed by atoms with Crippen molar-refractivity contribution in [1.29, 1.82) is 0 Å². The molecule has 1 aliphatic rings. The van der Waals surface area contributed by atoms with Gasteiger partial charge >= 0.3 is 7.12 Å². The highest BCUT2D eigenvalue weighted by atomic mass is 19.1. The molecule has 0 bridgehead atoms. The molecule has 0 spiro atoms. The molecule has 2 rings (SSSR count). The van der Waals surface area contributed by atoms with Gasteiger partial charge in [-0.25, -0.2) is 4.39 Å². The summed E-state index contributed by atoms with van der Waals surface area (Å²) in [6.45, 7) is 2.38. The lowest BCUT2D eigenvalue weighted by molar-refractivity contribution is 0.194. The predicted octanol–water partition coefficient (Wildman–Crippen LogP) is -0.0581. The van der Waals surface area contributed by atoms with Gasteiger partial charge in [0.05, 0.1) is 12.7 Å². The van der Waals surface area contributed by atoms with Crippen molar-refractivity contribution in [2.45, 2.75) is 13.0 Å². The van der Waals surface area contributed by atoms with Crippen LogP contribution in [0.2, 0.25) is 0 Å². The Balaban J connectivity index is 2.52. The average Bonchev–Trinajstić information content (AvgIpc) is 2.61. The normalized spacial score (nSPS) is 18.8. The first-order valence-electron chi connectivity index (χ1n) is 5.17. The van der Waals surface area contributed by atoms with Crippen LogP contribution >= 0.6 is 0 Å². The summed E-state index contributed by atoms with van der Waals surface area (Å²) in [6, 6.07) is 2.79. The molecule has 86 valence electrons. The molecule has 1 heterocycles. The zero-order valence-corrected chi connectivity index (χ0v) is 8.94. The van der Waals surface area contributed by atoms with E-state index in [1.807, 2.05) is 6.92 Å². The second-order valence-corrected chi connectivity index (χ2v) is 3.52. The van der Waals surface area contributed by atoms with Crippen molar-refractivity contribution in [2.24, 2.45) is 5.73 Å². The first kappa shape index (κ1) is 11.4. The van der Waals surface area contributed by atoms with E-state index in [0.717, 1.165) is 0 Å². The third-order valence-corrected chi connectivity index (χ3v) is 2.57. The van der Waals surface area contributed by atoms with Crippen LogP contribution in [0.4, 0.5) is 4.39 Å². The lowest BCUT2D eigenvalue weighted by atomic mass is 9.78. The number of benzene rings is 1. The SMILES string of the molecule is CCOc1ccc(F)c2c1B(O)O[C@H]2CN. The molecule has 1 aliphatic heterocycles. The standard InChI is InChI=1S/C10H13BFNO3/c1-2-15-7-4-3-6(12)9-8(5-13)16-11(14)10(7)9/h3-4,8,14H,2,5,13H2,1H3/t8-/m0/s1. The van der Waals surface area contributed by atoms with E-state index < -0.39 is 19.0 Å². The molecule has 0 amide bonds.